The van der Waals surface area contributed by atoms with Gasteiger partial charge in [-0.15, -0.1) is 0 Å². The molecule has 5 nitrogen and oxygen atoms in total. The van der Waals surface area contributed by atoms with Crippen molar-refractivity contribution in [3.8, 4) is 11.5 Å². The average Bonchev–Trinajstić information content (AvgIpc) is 2.57. The van der Waals surface area contributed by atoms with Gasteiger partial charge in [0.05, 0.1) is 25.5 Å². The van der Waals surface area contributed by atoms with Crippen LogP contribution in [-0.2, 0) is 0 Å². The van der Waals surface area contributed by atoms with E-state index in [1.165, 1.54) is 19.3 Å². The molecule has 1 aromatic heterocycles. The van der Waals surface area contributed by atoms with Gasteiger partial charge in [-0.2, -0.15) is 0 Å². The van der Waals surface area contributed by atoms with Crippen LogP contribution in [0.4, 0.5) is 0 Å². The number of hydrogen-bond donors (Lipinski definition) is 0. The standard InChI is InChI=1S/C17H22N2O3/c1-11-13-9-15(21-2)16(22-3)10-14(13)18-17(19(11)20)12-7-5-4-6-8-12/h9-10,12H,4-8H2,1-3H3. The van der Waals surface area contributed by atoms with Crippen LogP contribution in [0.2, 0.25) is 0 Å². The Balaban J connectivity index is 2.17. The van der Waals surface area contributed by atoms with E-state index in [1.54, 1.807) is 14.2 Å². The van der Waals surface area contributed by atoms with Gasteiger partial charge in [0.2, 0.25) is 0 Å². The van der Waals surface area contributed by atoms with Crippen molar-refractivity contribution in [2.75, 3.05) is 14.2 Å². The first-order valence-corrected chi connectivity index (χ1v) is 7.81. The lowest BCUT2D eigenvalue weighted by molar-refractivity contribution is -0.624. The van der Waals surface area contributed by atoms with Crippen molar-refractivity contribution in [1.82, 2.24) is 4.98 Å². The molecule has 3 rings (SSSR count). The highest BCUT2D eigenvalue weighted by molar-refractivity contribution is 5.83. The Morgan fingerprint density at radius 2 is 1.73 bits per heavy atom. The van der Waals surface area contributed by atoms with E-state index in [0.717, 1.165) is 28.5 Å². The molecular formula is C17H22N2O3. The molecular weight excluding hydrogens is 280 g/mol. The maximum Gasteiger partial charge on any atom is 0.305 e. The van der Waals surface area contributed by atoms with Crippen LogP contribution in [0.5, 0.6) is 11.5 Å². The number of ether oxygens (including phenoxy) is 2. The van der Waals surface area contributed by atoms with E-state index in [2.05, 4.69) is 4.98 Å². The van der Waals surface area contributed by atoms with Crippen molar-refractivity contribution < 1.29 is 14.2 Å². The smallest absolute Gasteiger partial charge is 0.305 e. The largest absolute Gasteiger partial charge is 0.711 e. The number of hydrogen-bond acceptors (Lipinski definition) is 4. The minimum absolute atomic E-state index is 0.266. The molecule has 1 aromatic carbocycles. The molecule has 1 fully saturated rings. The lowest BCUT2D eigenvalue weighted by atomic mass is 9.88. The highest BCUT2D eigenvalue weighted by Crippen LogP contribution is 2.34. The summed E-state index contributed by atoms with van der Waals surface area (Å²) < 4.78 is 11.7. The molecule has 0 radical (unpaired) electrons. The van der Waals surface area contributed by atoms with Crippen LogP contribution in [0.3, 0.4) is 0 Å². The van der Waals surface area contributed by atoms with E-state index in [9.17, 15) is 5.21 Å². The minimum Gasteiger partial charge on any atom is -0.711 e. The van der Waals surface area contributed by atoms with Gasteiger partial charge in [0.1, 0.15) is 5.69 Å². The Morgan fingerprint density at radius 3 is 2.36 bits per heavy atom. The Morgan fingerprint density at radius 1 is 1.09 bits per heavy atom. The second kappa shape index (κ2) is 5.99. The molecule has 2 aromatic rings. The van der Waals surface area contributed by atoms with Crippen molar-refractivity contribution in [2.24, 2.45) is 0 Å². The Kier molecular flexibility index (Phi) is 4.05. The van der Waals surface area contributed by atoms with Crippen LogP contribution in [0.25, 0.3) is 10.9 Å². The zero-order valence-corrected chi connectivity index (χ0v) is 13.4. The first-order valence-electron chi connectivity index (χ1n) is 7.81. The second-order valence-electron chi connectivity index (χ2n) is 5.91. The summed E-state index contributed by atoms with van der Waals surface area (Å²) in [5.74, 6) is 2.17. The van der Waals surface area contributed by atoms with Crippen LogP contribution in [0.15, 0.2) is 12.1 Å². The zero-order valence-electron chi connectivity index (χ0n) is 13.4. The van der Waals surface area contributed by atoms with Gasteiger partial charge in [-0.05, 0) is 30.8 Å². The molecule has 0 bridgehead atoms. The van der Waals surface area contributed by atoms with Crippen molar-refractivity contribution in [3.05, 3.63) is 28.9 Å². The summed E-state index contributed by atoms with van der Waals surface area (Å²) in [6.07, 6.45) is 5.71. The molecule has 1 saturated carbocycles. The molecule has 118 valence electrons. The normalized spacial score (nSPS) is 16.0. The van der Waals surface area contributed by atoms with E-state index in [-0.39, 0.29) is 5.92 Å². The lowest BCUT2D eigenvalue weighted by Gasteiger charge is -2.21. The van der Waals surface area contributed by atoms with E-state index in [4.69, 9.17) is 9.47 Å². The predicted octanol–water partition coefficient (Wildman–Crippen LogP) is 3.24. The molecule has 0 atom stereocenters. The minimum atomic E-state index is 0.266. The fourth-order valence-corrected chi connectivity index (χ4v) is 3.32. The second-order valence-corrected chi connectivity index (χ2v) is 5.91. The maximum absolute atomic E-state index is 12.6. The molecule has 0 amide bonds. The van der Waals surface area contributed by atoms with Gasteiger partial charge in [0, 0.05) is 6.07 Å². The highest BCUT2D eigenvalue weighted by atomic mass is 16.5. The third-order valence-electron chi connectivity index (χ3n) is 4.61. The third kappa shape index (κ3) is 2.45. The SMILES string of the molecule is COc1cc2nc(C3CCCCC3)[n+]([O-])c(C)c2cc1OC. The van der Waals surface area contributed by atoms with Gasteiger partial charge in [0.15, 0.2) is 17.0 Å². The Labute approximate surface area is 130 Å². The summed E-state index contributed by atoms with van der Waals surface area (Å²) in [5, 5.41) is 13.4. The van der Waals surface area contributed by atoms with E-state index in [1.807, 2.05) is 19.1 Å². The quantitative estimate of drug-likeness (QED) is 0.645. The molecule has 0 unspecified atom stereocenters. The van der Waals surface area contributed by atoms with Gasteiger partial charge in [-0.1, -0.05) is 19.3 Å². The fourth-order valence-electron chi connectivity index (χ4n) is 3.32. The van der Waals surface area contributed by atoms with Crippen LogP contribution in [0.1, 0.15) is 49.5 Å². The van der Waals surface area contributed by atoms with Gasteiger partial charge < -0.3 is 14.7 Å². The lowest BCUT2D eigenvalue weighted by Crippen LogP contribution is -2.39. The van der Waals surface area contributed by atoms with Gasteiger partial charge in [-0.25, -0.2) is 4.73 Å². The summed E-state index contributed by atoms with van der Waals surface area (Å²) in [6.45, 7) is 1.84. The molecule has 0 aliphatic heterocycles. The number of aromatic nitrogens is 2. The topological polar surface area (TPSA) is 58.3 Å². The molecule has 0 spiro atoms. The van der Waals surface area contributed by atoms with E-state index >= 15 is 0 Å². The number of methoxy groups -OCH3 is 2. The summed E-state index contributed by atoms with van der Waals surface area (Å²) in [5.41, 5.74) is 1.47. The van der Waals surface area contributed by atoms with Gasteiger partial charge >= 0.3 is 5.82 Å². The molecule has 0 saturated heterocycles. The molecule has 0 N–H and O–H groups in total. The van der Waals surface area contributed by atoms with Crippen LogP contribution < -0.4 is 14.2 Å². The number of benzene rings is 1. The number of aryl methyl sites for hydroxylation is 1. The van der Waals surface area contributed by atoms with E-state index in [0.29, 0.717) is 23.0 Å². The first kappa shape index (κ1) is 14.9. The number of rotatable bonds is 3. The Hall–Kier alpha value is -2.04. The van der Waals surface area contributed by atoms with Crippen molar-refractivity contribution in [3.63, 3.8) is 0 Å². The Bertz CT molecular complexity index is 694. The summed E-state index contributed by atoms with van der Waals surface area (Å²) in [4.78, 5) is 4.66. The maximum atomic E-state index is 12.6. The number of nitrogens with zero attached hydrogens (tertiary/aromatic N) is 2. The van der Waals surface area contributed by atoms with Gasteiger partial charge in [0.25, 0.3) is 0 Å². The fraction of sp³-hybridized carbons (Fsp3) is 0.529. The number of fused-ring (bicyclic) bond motifs is 1. The zero-order chi connectivity index (χ0) is 15.7. The predicted molar refractivity (Wildman–Crippen MR) is 84.4 cm³/mol. The third-order valence-corrected chi connectivity index (χ3v) is 4.61. The highest BCUT2D eigenvalue weighted by Gasteiger charge is 2.27. The summed E-state index contributed by atoms with van der Waals surface area (Å²) in [7, 11) is 3.20. The molecule has 5 heteroatoms. The van der Waals surface area contributed by atoms with Crippen LogP contribution >= 0.6 is 0 Å². The summed E-state index contributed by atoms with van der Waals surface area (Å²) >= 11 is 0. The molecule has 1 heterocycles. The monoisotopic (exact) mass is 302 g/mol. The van der Waals surface area contributed by atoms with Crippen molar-refractivity contribution in [2.45, 2.75) is 44.9 Å². The first-order chi connectivity index (χ1) is 10.7. The van der Waals surface area contributed by atoms with E-state index < -0.39 is 0 Å². The molecule has 22 heavy (non-hydrogen) atoms. The molecule has 1 aliphatic carbocycles. The van der Waals surface area contributed by atoms with Crippen LogP contribution in [-0.4, -0.2) is 19.2 Å². The molecule has 1 aliphatic rings. The van der Waals surface area contributed by atoms with Gasteiger partial charge in [-0.3, -0.25) is 0 Å². The van der Waals surface area contributed by atoms with Crippen LogP contribution in [0, 0.1) is 12.1 Å². The summed E-state index contributed by atoms with van der Waals surface area (Å²) in [6, 6.07) is 3.68. The van der Waals surface area contributed by atoms with Crippen molar-refractivity contribution in [1.29, 1.82) is 0 Å². The average molecular weight is 302 g/mol. The van der Waals surface area contributed by atoms with Crippen molar-refractivity contribution >= 4 is 10.9 Å².